The zero-order valence-corrected chi connectivity index (χ0v) is 14.3. The van der Waals surface area contributed by atoms with Gasteiger partial charge in [0.15, 0.2) is 0 Å². The van der Waals surface area contributed by atoms with Crippen LogP contribution in [-0.2, 0) is 0 Å². The van der Waals surface area contributed by atoms with E-state index < -0.39 is 0 Å². The van der Waals surface area contributed by atoms with E-state index in [9.17, 15) is 0 Å². The van der Waals surface area contributed by atoms with Crippen molar-refractivity contribution >= 4 is 0 Å². The van der Waals surface area contributed by atoms with E-state index >= 15 is 0 Å². The van der Waals surface area contributed by atoms with Crippen molar-refractivity contribution in [3.63, 3.8) is 0 Å². The number of benzene rings is 1. The van der Waals surface area contributed by atoms with Gasteiger partial charge in [-0.1, -0.05) is 64.4 Å². The van der Waals surface area contributed by atoms with Crippen LogP contribution in [0.3, 0.4) is 0 Å². The van der Waals surface area contributed by atoms with Gasteiger partial charge in [0.25, 0.3) is 0 Å². The van der Waals surface area contributed by atoms with Gasteiger partial charge in [-0.3, -0.25) is 4.90 Å². The molecule has 1 aliphatic heterocycles. The summed E-state index contributed by atoms with van der Waals surface area (Å²) in [5.74, 6) is 1.43. The number of nitrogens with one attached hydrogen (secondary N) is 1. The number of hydrogen-bond acceptors (Lipinski definition) is 2. The van der Waals surface area contributed by atoms with E-state index in [-0.39, 0.29) is 0 Å². The fourth-order valence-electron chi connectivity index (χ4n) is 3.35. The summed E-state index contributed by atoms with van der Waals surface area (Å²) in [4.78, 5) is 2.74. The number of hydrogen-bond donors (Lipinski definition) is 1. The van der Waals surface area contributed by atoms with Crippen LogP contribution in [0.4, 0.5) is 0 Å². The predicted molar refractivity (Wildman–Crippen MR) is 91.4 cm³/mol. The molecule has 0 saturated carbocycles. The van der Waals surface area contributed by atoms with Crippen LogP contribution in [0.1, 0.15) is 52.6 Å². The first-order chi connectivity index (χ1) is 10.0. The summed E-state index contributed by atoms with van der Waals surface area (Å²) in [6.45, 7) is 14.0. The summed E-state index contributed by atoms with van der Waals surface area (Å²) in [6, 6.07) is 12.7. The highest BCUT2D eigenvalue weighted by atomic mass is 15.3. The maximum absolute atomic E-state index is 3.77. The summed E-state index contributed by atoms with van der Waals surface area (Å²) in [5.41, 5.74) is 1.45. The fourth-order valence-corrected chi connectivity index (χ4v) is 3.35. The monoisotopic (exact) mass is 288 g/mol. The third-order valence-electron chi connectivity index (χ3n) is 5.36. The smallest absolute Gasteiger partial charge is 0.0476 e. The molecule has 2 heteroatoms. The van der Waals surface area contributed by atoms with E-state index in [1.54, 1.807) is 0 Å². The van der Waals surface area contributed by atoms with Gasteiger partial charge in [-0.05, 0) is 24.3 Å². The second-order valence-corrected chi connectivity index (χ2v) is 7.01. The number of rotatable bonds is 5. The first kappa shape index (κ1) is 16.5. The molecule has 1 aromatic carbocycles. The standard InChI is InChI=1S/C19H32N2/c1-6-15(4)16(5)21-13-18(14(2)3)20-12-19(21)17-10-8-7-9-11-17/h7-11,14-16,18-20H,6,12-13H2,1-5H3. The molecule has 21 heavy (non-hydrogen) atoms. The minimum atomic E-state index is 0.505. The lowest BCUT2D eigenvalue weighted by molar-refractivity contribution is 0.0516. The molecule has 1 N–H and O–H groups in total. The van der Waals surface area contributed by atoms with Crippen molar-refractivity contribution in [2.75, 3.05) is 13.1 Å². The second kappa shape index (κ2) is 7.42. The van der Waals surface area contributed by atoms with Crippen LogP contribution in [0.25, 0.3) is 0 Å². The molecule has 1 heterocycles. The molecule has 0 bridgehead atoms. The highest BCUT2D eigenvalue weighted by molar-refractivity contribution is 5.20. The van der Waals surface area contributed by atoms with Gasteiger partial charge in [-0.15, -0.1) is 0 Å². The topological polar surface area (TPSA) is 15.3 Å². The van der Waals surface area contributed by atoms with Gasteiger partial charge >= 0.3 is 0 Å². The summed E-state index contributed by atoms with van der Waals surface area (Å²) in [6.07, 6.45) is 1.25. The number of nitrogens with zero attached hydrogens (tertiary/aromatic N) is 1. The number of piperazine rings is 1. The molecule has 1 aromatic rings. The van der Waals surface area contributed by atoms with Crippen molar-refractivity contribution < 1.29 is 0 Å². The maximum Gasteiger partial charge on any atom is 0.0476 e. The molecule has 1 saturated heterocycles. The van der Waals surface area contributed by atoms with Crippen LogP contribution in [0, 0.1) is 11.8 Å². The van der Waals surface area contributed by atoms with Crippen molar-refractivity contribution in [1.82, 2.24) is 10.2 Å². The molecule has 4 unspecified atom stereocenters. The first-order valence-corrected chi connectivity index (χ1v) is 8.58. The molecule has 0 aromatic heterocycles. The lowest BCUT2D eigenvalue weighted by Gasteiger charge is -2.46. The van der Waals surface area contributed by atoms with Crippen LogP contribution >= 0.6 is 0 Å². The lowest BCUT2D eigenvalue weighted by atomic mass is 9.90. The molecule has 0 radical (unpaired) electrons. The Hall–Kier alpha value is -0.860. The van der Waals surface area contributed by atoms with Gasteiger partial charge in [0.1, 0.15) is 0 Å². The van der Waals surface area contributed by atoms with Crippen LogP contribution in [0.15, 0.2) is 30.3 Å². The molecule has 118 valence electrons. The highest BCUT2D eigenvalue weighted by Crippen LogP contribution is 2.30. The maximum atomic E-state index is 3.77. The van der Waals surface area contributed by atoms with Crippen LogP contribution in [-0.4, -0.2) is 30.1 Å². The predicted octanol–water partition coefficient (Wildman–Crippen LogP) is 4.09. The van der Waals surface area contributed by atoms with Gasteiger partial charge in [0.05, 0.1) is 0 Å². The van der Waals surface area contributed by atoms with Gasteiger partial charge in [-0.25, -0.2) is 0 Å². The Kier molecular flexibility index (Phi) is 5.83. The molecule has 1 fully saturated rings. The largest absolute Gasteiger partial charge is 0.311 e. The third kappa shape index (κ3) is 3.87. The molecule has 1 aliphatic rings. The molecule has 0 amide bonds. The van der Waals surface area contributed by atoms with Gasteiger partial charge in [0.2, 0.25) is 0 Å². The molecular weight excluding hydrogens is 256 g/mol. The summed E-state index contributed by atoms with van der Waals surface area (Å²) < 4.78 is 0. The Morgan fingerprint density at radius 1 is 1.14 bits per heavy atom. The Morgan fingerprint density at radius 2 is 1.81 bits per heavy atom. The van der Waals surface area contributed by atoms with Crippen molar-refractivity contribution in [2.24, 2.45) is 11.8 Å². The Labute approximate surface area is 130 Å². The van der Waals surface area contributed by atoms with E-state index in [1.807, 2.05) is 0 Å². The minimum absolute atomic E-state index is 0.505. The molecule has 2 nitrogen and oxygen atoms in total. The van der Waals surface area contributed by atoms with Crippen LogP contribution in [0.5, 0.6) is 0 Å². The van der Waals surface area contributed by atoms with E-state index in [0.29, 0.717) is 24.0 Å². The highest BCUT2D eigenvalue weighted by Gasteiger charge is 2.34. The van der Waals surface area contributed by atoms with Crippen LogP contribution < -0.4 is 5.32 Å². The van der Waals surface area contributed by atoms with E-state index in [2.05, 4.69) is 75.2 Å². The minimum Gasteiger partial charge on any atom is -0.311 e. The molecule has 4 atom stereocenters. The van der Waals surface area contributed by atoms with E-state index in [0.717, 1.165) is 19.0 Å². The summed E-state index contributed by atoms with van der Waals surface area (Å²) in [5, 5.41) is 3.77. The molecule has 0 spiro atoms. The third-order valence-corrected chi connectivity index (χ3v) is 5.36. The second-order valence-electron chi connectivity index (χ2n) is 7.01. The average molecular weight is 288 g/mol. The lowest BCUT2D eigenvalue weighted by Crippen LogP contribution is -2.57. The van der Waals surface area contributed by atoms with Crippen molar-refractivity contribution in [2.45, 2.75) is 59.2 Å². The van der Waals surface area contributed by atoms with Gasteiger partial charge in [0, 0.05) is 31.2 Å². The van der Waals surface area contributed by atoms with Crippen LogP contribution in [0.2, 0.25) is 0 Å². The Morgan fingerprint density at radius 3 is 2.38 bits per heavy atom. The summed E-state index contributed by atoms with van der Waals surface area (Å²) in [7, 11) is 0. The first-order valence-electron chi connectivity index (χ1n) is 8.58. The van der Waals surface area contributed by atoms with Crippen molar-refractivity contribution in [1.29, 1.82) is 0 Å². The van der Waals surface area contributed by atoms with E-state index in [1.165, 1.54) is 12.0 Å². The molecule has 0 aliphatic carbocycles. The normalized spacial score (nSPS) is 26.8. The molecular formula is C19H32N2. The van der Waals surface area contributed by atoms with Crippen molar-refractivity contribution in [3.05, 3.63) is 35.9 Å². The quantitative estimate of drug-likeness (QED) is 0.878. The van der Waals surface area contributed by atoms with Gasteiger partial charge in [-0.2, -0.15) is 0 Å². The average Bonchev–Trinajstić information content (AvgIpc) is 2.53. The SMILES string of the molecule is CCC(C)C(C)N1CC(C(C)C)NCC1c1ccccc1. The summed E-state index contributed by atoms with van der Waals surface area (Å²) >= 11 is 0. The molecule has 2 rings (SSSR count). The zero-order valence-electron chi connectivity index (χ0n) is 14.3. The van der Waals surface area contributed by atoms with Crippen molar-refractivity contribution in [3.8, 4) is 0 Å². The Balaban J connectivity index is 2.22. The Bertz CT molecular complexity index is 415. The van der Waals surface area contributed by atoms with E-state index in [4.69, 9.17) is 0 Å². The fraction of sp³-hybridized carbons (Fsp3) is 0.684. The van der Waals surface area contributed by atoms with Gasteiger partial charge < -0.3 is 5.32 Å². The zero-order chi connectivity index (χ0) is 15.4.